The van der Waals surface area contributed by atoms with Gasteiger partial charge in [-0.15, -0.1) is 0 Å². The molecule has 1 atom stereocenters. The zero-order valence-corrected chi connectivity index (χ0v) is 11.0. The average Bonchev–Trinajstić information content (AvgIpc) is 2.39. The number of rotatable bonds is 2. The summed E-state index contributed by atoms with van der Waals surface area (Å²) in [6, 6.07) is 9.79. The first-order valence-corrected chi connectivity index (χ1v) is 6.63. The van der Waals surface area contributed by atoms with E-state index in [9.17, 15) is 5.11 Å². The van der Waals surface area contributed by atoms with E-state index < -0.39 is 0 Å². The van der Waals surface area contributed by atoms with Gasteiger partial charge in [0, 0.05) is 12.4 Å². The van der Waals surface area contributed by atoms with E-state index in [-0.39, 0.29) is 0 Å². The van der Waals surface area contributed by atoms with E-state index in [4.69, 9.17) is 0 Å². The number of hydrogen-bond acceptors (Lipinski definition) is 2. The number of benzene rings is 1. The number of aromatic hydroxyl groups is 1. The minimum atomic E-state index is 0.340. The van der Waals surface area contributed by atoms with Crippen molar-refractivity contribution >= 4 is 6.08 Å². The Morgan fingerprint density at radius 2 is 2.00 bits per heavy atom. The van der Waals surface area contributed by atoms with Gasteiger partial charge in [-0.2, -0.15) is 0 Å². The van der Waals surface area contributed by atoms with Crippen LogP contribution in [0.5, 0.6) is 5.75 Å². The standard InChI is InChI=1S/C17H17NO/c1-12-8-14(9-13-4-6-18-7-5-13)10-15-11-16(19)2-3-17(12)15/h2-7,10-12,19H,8-9H2,1H3. The van der Waals surface area contributed by atoms with Gasteiger partial charge in [-0.25, -0.2) is 0 Å². The van der Waals surface area contributed by atoms with Crippen molar-refractivity contribution in [3.05, 3.63) is 65.0 Å². The van der Waals surface area contributed by atoms with E-state index >= 15 is 0 Å². The quantitative estimate of drug-likeness (QED) is 0.877. The summed E-state index contributed by atoms with van der Waals surface area (Å²) in [6.45, 7) is 2.25. The van der Waals surface area contributed by atoms with Gasteiger partial charge in [-0.1, -0.05) is 24.6 Å². The lowest BCUT2D eigenvalue weighted by Crippen LogP contribution is -2.06. The van der Waals surface area contributed by atoms with Crippen LogP contribution in [0, 0.1) is 0 Å². The maximum Gasteiger partial charge on any atom is 0.116 e. The van der Waals surface area contributed by atoms with Crippen LogP contribution in [0.25, 0.3) is 6.08 Å². The monoisotopic (exact) mass is 251 g/mol. The van der Waals surface area contributed by atoms with Crippen molar-refractivity contribution in [3.63, 3.8) is 0 Å². The second-order valence-electron chi connectivity index (χ2n) is 5.25. The molecule has 0 bridgehead atoms. The molecule has 1 aromatic heterocycles. The number of pyridine rings is 1. The van der Waals surface area contributed by atoms with Gasteiger partial charge in [0.25, 0.3) is 0 Å². The van der Waals surface area contributed by atoms with Crippen LogP contribution in [-0.4, -0.2) is 10.1 Å². The second-order valence-corrected chi connectivity index (χ2v) is 5.25. The van der Waals surface area contributed by atoms with Crippen LogP contribution in [0.2, 0.25) is 0 Å². The summed E-state index contributed by atoms with van der Waals surface area (Å²) in [4.78, 5) is 4.05. The molecule has 1 heterocycles. The van der Waals surface area contributed by atoms with E-state index in [1.165, 1.54) is 16.7 Å². The summed E-state index contributed by atoms with van der Waals surface area (Å²) in [5.41, 5.74) is 5.19. The van der Waals surface area contributed by atoms with Gasteiger partial charge in [-0.3, -0.25) is 4.98 Å². The Bertz CT molecular complexity index is 616. The topological polar surface area (TPSA) is 33.1 Å². The number of nitrogens with zero attached hydrogens (tertiary/aromatic N) is 1. The van der Waals surface area contributed by atoms with Gasteiger partial charge < -0.3 is 5.11 Å². The summed E-state index contributed by atoms with van der Waals surface area (Å²) in [5, 5.41) is 9.61. The molecule has 96 valence electrons. The Morgan fingerprint density at radius 3 is 2.79 bits per heavy atom. The molecular weight excluding hydrogens is 234 g/mol. The molecule has 1 aliphatic rings. The summed E-state index contributed by atoms with van der Waals surface area (Å²) in [5.74, 6) is 0.852. The minimum absolute atomic E-state index is 0.340. The Morgan fingerprint density at radius 1 is 1.21 bits per heavy atom. The van der Waals surface area contributed by atoms with E-state index in [1.807, 2.05) is 24.5 Å². The smallest absolute Gasteiger partial charge is 0.116 e. The molecule has 0 amide bonds. The fraction of sp³-hybridized carbons (Fsp3) is 0.235. The SMILES string of the molecule is CC1CC(Cc2ccncc2)=Cc2cc(O)ccc21. The molecular formula is C17H17NO. The highest BCUT2D eigenvalue weighted by Crippen LogP contribution is 2.35. The normalized spacial score (nSPS) is 17.7. The number of allylic oxidation sites excluding steroid dienone is 1. The zero-order chi connectivity index (χ0) is 13.2. The lowest BCUT2D eigenvalue weighted by Gasteiger charge is -2.23. The predicted octanol–water partition coefficient (Wildman–Crippen LogP) is 3.92. The molecule has 2 heteroatoms. The molecule has 0 radical (unpaired) electrons. The molecule has 0 spiro atoms. The number of phenols is 1. The van der Waals surface area contributed by atoms with E-state index in [0.717, 1.165) is 18.4 Å². The molecule has 1 aromatic carbocycles. The average molecular weight is 251 g/mol. The molecule has 19 heavy (non-hydrogen) atoms. The number of hydrogen-bond donors (Lipinski definition) is 1. The van der Waals surface area contributed by atoms with Crippen LogP contribution in [0.4, 0.5) is 0 Å². The van der Waals surface area contributed by atoms with Crippen molar-refractivity contribution < 1.29 is 5.11 Å². The van der Waals surface area contributed by atoms with Gasteiger partial charge in [0.1, 0.15) is 5.75 Å². The second kappa shape index (κ2) is 4.88. The molecule has 2 nitrogen and oxygen atoms in total. The third-order valence-corrected chi connectivity index (χ3v) is 3.71. The predicted molar refractivity (Wildman–Crippen MR) is 77.1 cm³/mol. The fourth-order valence-corrected chi connectivity index (χ4v) is 2.80. The van der Waals surface area contributed by atoms with Gasteiger partial charge in [-0.05, 0) is 59.7 Å². The maximum atomic E-state index is 9.61. The van der Waals surface area contributed by atoms with Gasteiger partial charge in [0.15, 0.2) is 0 Å². The van der Waals surface area contributed by atoms with Crippen LogP contribution in [-0.2, 0) is 6.42 Å². The molecule has 0 saturated heterocycles. The van der Waals surface area contributed by atoms with Crippen molar-refractivity contribution in [1.29, 1.82) is 0 Å². The number of phenolic OH excluding ortho intramolecular Hbond substituents is 1. The highest BCUT2D eigenvalue weighted by Gasteiger charge is 2.17. The third-order valence-electron chi connectivity index (χ3n) is 3.71. The van der Waals surface area contributed by atoms with Crippen molar-refractivity contribution in [2.75, 3.05) is 0 Å². The number of aromatic nitrogens is 1. The molecule has 0 saturated carbocycles. The van der Waals surface area contributed by atoms with Crippen LogP contribution in [0.1, 0.15) is 36.0 Å². The first kappa shape index (κ1) is 12.0. The Kier molecular flexibility index (Phi) is 3.08. The maximum absolute atomic E-state index is 9.61. The van der Waals surface area contributed by atoms with Gasteiger partial charge in [0.05, 0.1) is 0 Å². The van der Waals surface area contributed by atoms with Crippen molar-refractivity contribution in [2.24, 2.45) is 0 Å². The van der Waals surface area contributed by atoms with E-state index in [0.29, 0.717) is 11.7 Å². The fourth-order valence-electron chi connectivity index (χ4n) is 2.80. The van der Waals surface area contributed by atoms with Crippen LogP contribution >= 0.6 is 0 Å². The Labute approximate surface area is 113 Å². The van der Waals surface area contributed by atoms with Crippen LogP contribution in [0.3, 0.4) is 0 Å². The Hall–Kier alpha value is -2.09. The Balaban J connectivity index is 1.92. The molecule has 2 aromatic rings. The van der Waals surface area contributed by atoms with Gasteiger partial charge >= 0.3 is 0 Å². The largest absolute Gasteiger partial charge is 0.508 e. The van der Waals surface area contributed by atoms with Crippen molar-refractivity contribution in [1.82, 2.24) is 4.98 Å². The lowest BCUT2D eigenvalue weighted by molar-refractivity contribution is 0.474. The third kappa shape index (κ3) is 2.53. The minimum Gasteiger partial charge on any atom is -0.508 e. The van der Waals surface area contributed by atoms with E-state index in [2.05, 4.69) is 30.1 Å². The van der Waals surface area contributed by atoms with Crippen molar-refractivity contribution in [3.8, 4) is 5.75 Å². The lowest BCUT2D eigenvalue weighted by atomic mass is 9.82. The summed E-state index contributed by atoms with van der Waals surface area (Å²) in [7, 11) is 0. The molecule has 0 aliphatic heterocycles. The first-order chi connectivity index (χ1) is 9.22. The van der Waals surface area contributed by atoms with Crippen molar-refractivity contribution in [2.45, 2.75) is 25.7 Å². The summed E-state index contributed by atoms with van der Waals surface area (Å²) >= 11 is 0. The highest BCUT2D eigenvalue weighted by molar-refractivity contribution is 5.63. The molecule has 1 N–H and O–H groups in total. The summed E-state index contributed by atoms with van der Waals surface area (Å²) in [6.07, 6.45) is 7.93. The number of fused-ring (bicyclic) bond motifs is 1. The first-order valence-electron chi connectivity index (χ1n) is 6.63. The summed E-state index contributed by atoms with van der Waals surface area (Å²) < 4.78 is 0. The molecule has 1 aliphatic carbocycles. The highest BCUT2D eigenvalue weighted by atomic mass is 16.3. The zero-order valence-electron chi connectivity index (χ0n) is 11.0. The van der Waals surface area contributed by atoms with Crippen LogP contribution in [0.15, 0.2) is 48.3 Å². The van der Waals surface area contributed by atoms with Gasteiger partial charge in [0.2, 0.25) is 0 Å². The molecule has 1 unspecified atom stereocenters. The molecule has 3 rings (SSSR count). The molecule has 0 fully saturated rings. The van der Waals surface area contributed by atoms with E-state index in [1.54, 1.807) is 6.07 Å². The van der Waals surface area contributed by atoms with Crippen LogP contribution < -0.4 is 0 Å².